The van der Waals surface area contributed by atoms with Crippen molar-refractivity contribution in [1.82, 2.24) is 30.6 Å². The van der Waals surface area contributed by atoms with Gasteiger partial charge in [0, 0.05) is 34.8 Å². The minimum atomic E-state index is -0.313. The zero-order valence-electron chi connectivity index (χ0n) is 30.4. The van der Waals surface area contributed by atoms with Gasteiger partial charge >= 0.3 is 0 Å². The van der Waals surface area contributed by atoms with Gasteiger partial charge < -0.3 is 4.98 Å². The average molecular weight is 779 g/mol. The Morgan fingerprint density at radius 2 is 1.43 bits per heavy atom. The number of unbranched alkanes of at least 4 members (excludes halogenated alkanes) is 1. The normalized spacial score (nSPS) is 11.1. The Morgan fingerprint density at radius 1 is 0.759 bits per heavy atom. The van der Waals surface area contributed by atoms with Crippen molar-refractivity contribution in [3.8, 4) is 55.9 Å². The number of hydrogen-bond acceptors (Lipinski definition) is 6. The highest BCUT2D eigenvalue weighted by Gasteiger charge is 2.35. The lowest BCUT2D eigenvalue weighted by Crippen LogP contribution is -2.28. The number of hydrogen-bond donors (Lipinski definition) is 2. The number of H-pyrrole nitrogens is 2. The number of nitrogens with zero attached hydrogens (tertiary/aromatic N) is 5. The molecule has 2 N–H and O–H groups in total. The molecule has 0 spiro atoms. The molecule has 10 heteroatoms. The van der Waals surface area contributed by atoms with E-state index >= 15 is 0 Å². The molecule has 0 saturated heterocycles. The van der Waals surface area contributed by atoms with Gasteiger partial charge in [0.2, 0.25) is 5.91 Å². The van der Waals surface area contributed by atoms with Crippen molar-refractivity contribution in [2.45, 2.75) is 46.5 Å². The number of amides is 1. The van der Waals surface area contributed by atoms with Crippen LogP contribution in [0, 0.1) is 13.8 Å². The maximum absolute atomic E-state index is 14.9. The molecule has 0 unspecified atom stereocenters. The molecule has 9 nitrogen and oxygen atoms in total. The Labute approximate surface area is 322 Å². The van der Waals surface area contributed by atoms with Gasteiger partial charge in [-0.3, -0.25) is 14.5 Å². The van der Waals surface area contributed by atoms with E-state index in [1.807, 2.05) is 66.7 Å². The summed E-state index contributed by atoms with van der Waals surface area (Å²) >= 11 is 3.55. The minimum absolute atomic E-state index is 0.141. The predicted octanol–water partition coefficient (Wildman–Crippen LogP) is 10.0. The molecule has 7 rings (SSSR count). The number of aryl methyl sites for hydroxylation is 2. The van der Waals surface area contributed by atoms with Gasteiger partial charge in [-0.2, -0.15) is 0 Å². The number of aromatic nitrogens is 6. The van der Waals surface area contributed by atoms with Crippen LogP contribution < -0.4 is 10.5 Å². The molecule has 0 aliphatic heterocycles. The Balaban J connectivity index is 1.82. The summed E-state index contributed by atoms with van der Waals surface area (Å²) in [5, 5.41) is 16.1. The van der Waals surface area contributed by atoms with Gasteiger partial charge in [0.05, 0.1) is 16.8 Å². The highest BCUT2D eigenvalue weighted by Crippen LogP contribution is 2.55. The van der Waals surface area contributed by atoms with Crippen LogP contribution in [0.3, 0.4) is 0 Å². The van der Waals surface area contributed by atoms with Gasteiger partial charge in [-0.05, 0) is 88.2 Å². The molecule has 0 atom stereocenters. The molecule has 7 aromatic rings. The van der Waals surface area contributed by atoms with Gasteiger partial charge in [-0.25, -0.2) is 10.1 Å². The lowest BCUT2D eigenvalue weighted by molar-refractivity contribution is -0.117. The van der Waals surface area contributed by atoms with Crippen molar-refractivity contribution in [1.29, 1.82) is 0 Å². The van der Waals surface area contributed by atoms with E-state index in [1.165, 1.54) is 0 Å². The second-order valence-electron chi connectivity index (χ2n) is 13.1. The molecule has 54 heavy (non-hydrogen) atoms. The van der Waals surface area contributed by atoms with Crippen LogP contribution in [0.15, 0.2) is 120 Å². The summed E-state index contributed by atoms with van der Waals surface area (Å²) in [6.07, 6.45) is 4.24. The summed E-state index contributed by atoms with van der Waals surface area (Å²) in [6.45, 7) is 6.04. The van der Waals surface area contributed by atoms with Crippen LogP contribution in [0.5, 0.6) is 0 Å². The number of tetrazole rings is 1. The first-order valence-electron chi connectivity index (χ1n) is 18.1. The number of anilines is 2. The molecule has 1 amide bonds. The second-order valence-corrected chi connectivity index (χ2v) is 13.9. The summed E-state index contributed by atoms with van der Waals surface area (Å²) in [7, 11) is 0. The lowest BCUT2D eigenvalue weighted by atomic mass is 9.77. The van der Waals surface area contributed by atoms with E-state index < -0.39 is 0 Å². The highest BCUT2D eigenvalue weighted by atomic mass is 79.9. The predicted molar refractivity (Wildman–Crippen MR) is 220 cm³/mol. The summed E-state index contributed by atoms with van der Waals surface area (Å²) in [4.78, 5) is 38.5. The third kappa shape index (κ3) is 7.04. The fourth-order valence-corrected chi connectivity index (χ4v) is 7.63. The Kier molecular flexibility index (Phi) is 11.0. The van der Waals surface area contributed by atoms with Crippen LogP contribution in [0.25, 0.3) is 55.9 Å². The number of nitrogens with one attached hydrogen (secondary N) is 2. The van der Waals surface area contributed by atoms with Gasteiger partial charge in [-0.1, -0.05) is 126 Å². The van der Waals surface area contributed by atoms with Crippen molar-refractivity contribution < 1.29 is 4.79 Å². The largest absolute Gasteiger partial charge is 0.310 e. The molecule has 0 aliphatic rings. The average Bonchev–Trinajstić information content (AvgIpc) is 3.73. The number of para-hydroxylation sites is 1. The molecule has 0 bridgehead atoms. The quantitative estimate of drug-likeness (QED) is 0.119. The molecule has 0 aliphatic carbocycles. The molecule has 0 radical (unpaired) electrons. The van der Waals surface area contributed by atoms with E-state index in [9.17, 15) is 9.59 Å². The Morgan fingerprint density at radius 3 is 2.04 bits per heavy atom. The molecule has 0 saturated carbocycles. The van der Waals surface area contributed by atoms with Crippen molar-refractivity contribution in [3.63, 3.8) is 0 Å². The Bertz CT molecular complexity index is 2450. The van der Waals surface area contributed by atoms with Crippen LogP contribution in [-0.2, 0) is 11.2 Å². The minimum Gasteiger partial charge on any atom is -0.310 e. The van der Waals surface area contributed by atoms with E-state index in [1.54, 1.807) is 18.0 Å². The number of benzene rings is 5. The smallest absolute Gasteiger partial charge is 0.258 e. The molecule has 270 valence electrons. The van der Waals surface area contributed by atoms with Gasteiger partial charge in [0.15, 0.2) is 5.82 Å². The molecular formula is C44H40BrN7O2. The monoisotopic (exact) mass is 777 g/mol. The number of aromatic amines is 2. The van der Waals surface area contributed by atoms with Gasteiger partial charge in [0.25, 0.3) is 5.56 Å². The summed E-state index contributed by atoms with van der Waals surface area (Å²) < 4.78 is 0. The standard InChI is InChI=1S/C44H40BrN7O2/c1-4-5-23-34-38(31-19-11-7-12-20-31)40(35-27-46-29(3)47-44(35)54)41(43-48-50-51-49-43)42(52(36(53)25-26-45)32-21-13-8-14-22-32)39(34)33-24-15-16-28(2)37(33)30-17-9-6-10-18-30/h6-22,24,27H,4-5,23,25-26H2,1-3H3,(H,46,47,54)(H,48,49,50,51). The van der Waals surface area contributed by atoms with Crippen LogP contribution in [0.4, 0.5) is 11.4 Å². The molecule has 0 fully saturated rings. The number of carbonyl (C=O) groups excluding carboxylic acids is 1. The van der Waals surface area contributed by atoms with E-state index in [0.29, 0.717) is 51.5 Å². The lowest BCUT2D eigenvalue weighted by Gasteiger charge is -2.33. The fraction of sp³-hybridized carbons (Fsp3) is 0.182. The molecule has 2 heterocycles. The van der Waals surface area contributed by atoms with Gasteiger partial charge in [0.1, 0.15) is 5.82 Å². The maximum Gasteiger partial charge on any atom is 0.258 e. The first-order chi connectivity index (χ1) is 26.4. The third-order valence-electron chi connectivity index (χ3n) is 9.60. The van der Waals surface area contributed by atoms with E-state index in [0.717, 1.165) is 57.3 Å². The van der Waals surface area contributed by atoms with E-state index in [2.05, 4.69) is 103 Å². The maximum atomic E-state index is 14.9. The number of halogens is 1. The van der Waals surface area contributed by atoms with Crippen molar-refractivity contribution in [2.24, 2.45) is 0 Å². The highest BCUT2D eigenvalue weighted by molar-refractivity contribution is 9.09. The number of alkyl halides is 1. The van der Waals surface area contributed by atoms with Crippen molar-refractivity contribution >= 4 is 33.2 Å². The number of rotatable bonds is 12. The van der Waals surface area contributed by atoms with Crippen molar-refractivity contribution in [3.05, 3.63) is 143 Å². The van der Waals surface area contributed by atoms with E-state index in [4.69, 9.17) is 0 Å². The van der Waals surface area contributed by atoms with Crippen LogP contribution in [-0.4, -0.2) is 41.8 Å². The summed E-state index contributed by atoms with van der Waals surface area (Å²) in [6, 6.07) is 36.4. The van der Waals surface area contributed by atoms with E-state index in [-0.39, 0.29) is 17.9 Å². The van der Waals surface area contributed by atoms with Crippen LogP contribution in [0.2, 0.25) is 0 Å². The van der Waals surface area contributed by atoms with Crippen LogP contribution >= 0.6 is 15.9 Å². The Hall–Kier alpha value is -6.00. The molecular weight excluding hydrogens is 738 g/mol. The molecule has 2 aromatic heterocycles. The zero-order valence-corrected chi connectivity index (χ0v) is 32.0. The number of carbonyl (C=O) groups is 1. The first-order valence-corrected chi connectivity index (χ1v) is 19.2. The molecule has 5 aromatic carbocycles. The second kappa shape index (κ2) is 16.3. The van der Waals surface area contributed by atoms with Gasteiger partial charge in [-0.15, -0.1) is 5.10 Å². The van der Waals surface area contributed by atoms with Crippen LogP contribution in [0.1, 0.15) is 43.1 Å². The summed E-state index contributed by atoms with van der Waals surface area (Å²) in [5.74, 6) is 0.654. The summed E-state index contributed by atoms with van der Waals surface area (Å²) in [5.41, 5.74) is 10.1. The van der Waals surface area contributed by atoms with Crippen molar-refractivity contribution in [2.75, 3.05) is 10.2 Å². The topological polar surface area (TPSA) is 121 Å². The zero-order chi connectivity index (χ0) is 37.6. The SMILES string of the molecule is CCCCc1c(-c2ccccc2)c(-c2cnc(C)[nH]c2=O)c(-c2nnn[nH]2)c(N(C(=O)CCBr)c2ccccc2)c1-c1cccc(C)c1-c1ccccc1. The third-order valence-corrected chi connectivity index (χ3v) is 9.99. The fourth-order valence-electron chi connectivity index (χ4n) is 7.29. The first kappa shape index (κ1) is 36.4.